The van der Waals surface area contributed by atoms with Crippen LogP contribution in [0, 0.1) is 18.6 Å². The van der Waals surface area contributed by atoms with Crippen LogP contribution in [0.5, 0.6) is 0 Å². The maximum Gasteiger partial charge on any atom is 0.329 e. The average Bonchev–Trinajstić information content (AvgIpc) is 2.53. The lowest BCUT2D eigenvalue weighted by molar-refractivity contribution is -0.117. The van der Waals surface area contributed by atoms with E-state index in [-0.39, 0.29) is 12.1 Å². The molecule has 6 heteroatoms. The van der Waals surface area contributed by atoms with Crippen LogP contribution in [0.1, 0.15) is 5.56 Å². The molecule has 0 radical (unpaired) electrons. The molecule has 1 aliphatic heterocycles. The van der Waals surface area contributed by atoms with Crippen LogP contribution in [0.2, 0.25) is 0 Å². The highest BCUT2D eigenvalue weighted by atomic mass is 19.1. The molecule has 4 nitrogen and oxygen atoms in total. The van der Waals surface area contributed by atoms with E-state index in [0.717, 1.165) is 11.0 Å². The van der Waals surface area contributed by atoms with E-state index in [1.54, 1.807) is 0 Å². The van der Waals surface area contributed by atoms with E-state index in [2.05, 4.69) is 0 Å². The number of anilines is 1. The molecule has 0 saturated carbocycles. The van der Waals surface area contributed by atoms with Crippen LogP contribution in [0.3, 0.4) is 0 Å². The number of nitrogens with zero attached hydrogens (tertiary/aromatic N) is 1. The highest BCUT2D eigenvalue weighted by Gasteiger charge is 2.32. The summed E-state index contributed by atoms with van der Waals surface area (Å²) in [4.78, 5) is 22.9. The number of urea groups is 1. The maximum atomic E-state index is 13.6. The monoisotopic (exact) mass is 226 g/mol. The van der Waals surface area contributed by atoms with Crippen molar-refractivity contribution in [2.45, 2.75) is 6.92 Å². The van der Waals surface area contributed by atoms with E-state index in [4.69, 9.17) is 0 Å². The van der Waals surface area contributed by atoms with Crippen LogP contribution < -0.4 is 10.2 Å². The fraction of sp³-hybridized carbons (Fsp3) is 0.200. The van der Waals surface area contributed by atoms with Gasteiger partial charge in [-0.05, 0) is 18.6 Å². The normalized spacial score (nSPS) is 15.6. The van der Waals surface area contributed by atoms with Crippen LogP contribution in [0.4, 0.5) is 19.3 Å². The van der Waals surface area contributed by atoms with Gasteiger partial charge >= 0.3 is 6.03 Å². The van der Waals surface area contributed by atoms with Gasteiger partial charge in [0.2, 0.25) is 5.91 Å². The molecule has 84 valence electrons. The van der Waals surface area contributed by atoms with Crippen molar-refractivity contribution in [2.24, 2.45) is 0 Å². The summed E-state index contributed by atoms with van der Waals surface area (Å²) in [5.41, 5.74) is -0.271. The maximum absolute atomic E-state index is 13.6. The largest absolute Gasteiger partial charge is 0.329 e. The van der Waals surface area contributed by atoms with Crippen LogP contribution >= 0.6 is 0 Å². The minimum atomic E-state index is -0.868. The van der Waals surface area contributed by atoms with E-state index >= 15 is 0 Å². The lowest BCUT2D eigenvalue weighted by Crippen LogP contribution is -2.29. The van der Waals surface area contributed by atoms with Crippen molar-refractivity contribution >= 4 is 17.6 Å². The number of hydrogen-bond acceptors (Lipinski definition) is 2. The summed E-state index contributed by atoms with van der Waals surface area (Å²) in [6, 6.07) is 1.52. The zero-order valence-electron chi connectivity index (χ0n) is 8.38. The van der Waals surface area contributed by atoms with Crippen molar-refractivity contribution in [1.82, 2.24) is 5.32 Å². The summed E-state index contributed by atoms with van der Waals surface area (Å²) in [5.74, 6) is -2.27. The first-order valence-electron chi connectivity index (χ1n) is 4.56. The number of carbonyl (C=O) groups excluding carboxylic acids is 2. The number of amides is 3. The predicted octanol–water partition coefficient (Wildman–Crippen LogP) is 1.33. The highest BCUT2D eigenvalue weighted by molar-refractivity contribution is 6.12. The van der Waals surface area contributed by atoms with E-state index in [1.165, 1.54) is 13.0 Å². The molecule has 0 spiro atoms. The smallest absolute Gasteiger partial charge is 0.279 e. The van der Waals surface area contributed by atoms with E-state index in [1.807, 2.05) is 5.32 Å². The number of carbonyl (C=O) groups is 2. The average molecular weight is 226 g/mol. The molecule has 3 amide bonds. The Morgan fingerprint density at radius 3 is 2.56 bits per heavy atom. The fourth-order valence-electron chi connectivity index (χ4n) is 1.51. The van der Waals surface area contributed by atoms with Crippen molar-refractivity contribution in [2.75, 3.05) is 11.4 Å². The van der Waals surface area contributed by atoms with Gasteiger partial charge in [-0.2, -0.15) is 0 Å². The molecule has 1 aromatic rings. The molecule has 1 N–H and O–H groups in total. The number of benzene rings is 1. The Balaban J connectivity index is 2.52. The number of aryl methyl sites for hydroxylation is 1. The van der Waals surface area contributed by atoms with Crippen molar-refractivity contribution in [3.8, 4) is 0 Å². The third-order valence-corrected chi connectivity index (χ3v) is 2.32. The Bertz CT molecular complexity index is 488. The van der Waals surface area contributed by atoms with Gasteiger partial charge in [0.15, 0.2) is 5.82 Å². The molecule has 0 atom stereocenters. The topological polar surface area (TPSA) is 49.4 Å². The van der Waals surface area contributed by atoms with Gasteiger partial charge < -0.3 is 0 Å². The Morgan fingerprint density at radius 1 is 1.31 bits per heavy atom. The predicted molar refractivity (Wildman–Crippen MR) is 52.0 cm³/mol. The van der Waals surface area contributed by atoms with Crippen molar-refractivity contribution < 1.29 is 18.4 Å². The summed E-state index contributed by atoms with van der Waals surface area (Å²) >= 11 is 0. The number of imide groups is 1. The Morgan fingerprint density at radius 2 is 2.00 bits per heavy atom. The van der Waals surface area contributed by atoms with Gasteiger partial charge in [0, 0.05) is 0 Å². The lowest BCUT2D eigenvalue weighted by Gasteiger charge is -2.15. The first-order chi connectivity index (χ1) is 7.50. The molecule has 0 unspecified atom stereocenters. The standard InChI is InChI=1S/C10H8F2N2O2/c1-5-2-3-6(11)9(8(5)12)14-4-7(15)13-10(14)16/h2-3H,4H2,1H3,(H,13,15,16). The highest BCUT2D eigenvalue weighted by Crippen LogP contribution is 2.26. The summed E-state index contributed by atoms with van der Waals surface area (Å²) in [7, 11) is 0. The molecule has 16 heavy (non-hydrogen) atoms. The molecule has 2 rings (SSSR count). The molecule has 1 saturated heterocycles. The lowest BCUT2D eigenvalue weighted by atomic mass is 10.2. The second-order valence-corrected chi connectivity index (χ2v) is 3.47. The molecule has 0 aliphatic carbocycles. The quantitative estimate of drug-likeness (QED) is 0.734. The van der Waals surface area contributed by atoms with Gasteiger partial charge in [0.1, 0.15) is 18.0 Å². The van der Waals surface area contributed by atoms with Crippen LogP contribution in [0.25, 0.3) is 0 Å². The first-order valence-corrected chi connectivity index (χ1v) is 4.56. The zero-order chi connectivity index (χ0) is 11.9. The van der Waals surface area contributed by atoms with Crippen LogP contribution in [-0.2, 0) is 4.79 Å². The summed E-state index contributed by atoms with van der Waals surface area (Å²) in [6.07, 6.45) is 0. The molecular formula is C10H8F2N2O2. The molecule has 0 bridgehead atoms. The summed E-state index contributed by atoms with van der Waals surface area (Å²) < 4.78 is 27.1. The third kappa shape index (κ3) is 1.52. The van der Waals surface area contributed by atoms with E-state index in [9.17, 15) is 18.4 Å². The van der Waals surface area contributed by atoms with E-state index < -0.39 is 29.3 Å². The Kier molecular flexibility index (Phi) is 2.34. The number of rotatable bonds is 1. The summed E-state index contributed by atoms with van der Waals surface area (Å²) in [5, 5.41) is 1.95. The summed E-state index contributed by atoms with van der Waals surface area (Å²) in [6.45, 7) is 1.09. The molecule has 1 fully saturated rings. The second kappa shape index (κ2) is 3.55. The van der Waals surface area contributed by atoms with Gasteiger partial charge in [-0.1, -0.05) is 6.07 Å². The molecule has 0 aromatic heterocycles. The van der Waals surface area contributed by atoms with E-state index in [0.29, 0.717) is 0 Å². The van der Waals surface area contributed by atoms with Crippen LogP contribution in [0.15, 0.2) is 12.1 Å². The van der Waals surface area contributed by atoms with Gasteiger partial charge in [-0.3, -0.25) is 15.0 Å². The molecule has 1 aromatic carbocycles. The minimum Gasteiger partial charge on any atom is -0.279 e. The number of hydrogen-bond donors (Lipinski definition) is 1. The Labute approximate surface area is 89.8 Å². The van der Waals surface area contributed by atoms with Crippen molar-refractivity contribution in [1.29, 1.82) is 0 Å². The zero-order valence-corrected chi connectivity index (χ0v) is 8.38. The number of nitrogens with one attached hydrogen (secondary N) is 1. The first kappa shape index (κ1) is 10.5. The van der Waals surface area contributed by atoms with Gasteiger partial charge in [-0.25, -0.2) is 13.6 Å². The van der Waals surface area contributed by atoms with Gasteiger partial charge in [0.05, 0.1) is 0 Å². The SMILES string of the molecule is Cc1ccc(F)c(N2CC(=O)NC2=O)c1F. The fourth-order valence-corrected chi connectivity index (χ4v) is 1.51. The molecule has 1 heterocycles. The minimum absolute atomic E-state index is 0.212. The van der Waals surface area contributed by atoms with Gasteiger partial charge in [0.25, 0.3) is 0 Å². The third-order valence-electron chi connectivity index (χ3n) is 2.32. The Hall–Kier alpha value is -1.98. The molecular weight excluding hydrogens is 218 g/mol. The van der Waals surface area contributed by atoms with Crippen molar-refractivity contribution in [3.63, 3.8) is 0 Å². The van der Waals surface area contributed by atoms with Gasteiger partial charge in [-0.15, -0.1) is 0 Å². The second-order valence-electron chi connectivity index (χ2n) is 3.47. The van der Waals surface area contributed by atoms with Crippen LogP contribution in [-0.4, -0.2) is 18.5 Å². The number of halogens is 2. The molecule has 1 aliphatic rings. The van der Waals surface area contributed by atoms with Crippen molar-refractivity contribution in [3.05, 3.63) is 29.3 Å².